The maximum atomic E-state index is 12.2. The molecule has 0 spiro atoms. The smallest absolute Gasteiger partial charge is 0.251 e. The van der Waals surface area contributed by atoms with Crippen molar-refractivity contribution < 1.29 is 14.6 Å². The zero-order chi connectivity index (χ0) is 25.5. The first-order valence-electron chi connectivity index (χ1n) is 12.7. The summed E-state index contributed by atoms with van der Waals surface area (Å²) in [6.45, 7) is 10.3. The summed E-state index contributed by atoms with van der Waals surface area (Å²) in [6.07, 6.45) is 0.885. The van der Waals surface area contributed by atoms with Crippen LogP contribution in [0.3, 0.4) is 0 Å². The molecule has 2 saturated heterocycles. The van der Waals surface area contributed by atoms with E-state index in [-0.39, 0.29) is 5.91 Å². The number of carbonyl (C=O) groups is 1. The van der Waals surface area contributed by atoms with Gasteiger partial charge in [-0.2, -0.15) is 5.10 Å². The number of rotatable bonds is 5. The summed E-state index contributed by atoms with van der Waals surface area (Å²) in [5.41, 5.74) is 4.11. The van der Waals surface area contributed by atoms with E-state index in [0.717, 1.165) is 65.2 Å². The number of nitrogens with zero attached hydrogens (tertiary/aromatic N) is 6. The van der Waals surface area contributed by atoms with Crippen molar-refractivity contribution in [3.8, 4) is 11.4 Å². The molecule has 1 amide bonds. The molecule has 11 heteroatoms. The largest absolute Gasteiger partial charge is 0.384 e. The van der Waals surface area contributed by atoms with Gasteiger partial charge >= 0.3 is 0 Å². The fourth-order valence-corrected chi connectivity index (χ4v) is 6.44. The molecule has 194 valence electrons. The highest BCUT2D eigenvalue weighted by Crippen LogP contribution is 2.39. The number of benzene rings is 1. The van der Waals surface area contributed by atoms with Crippen LogP contribution in [0.2, 0.25) is 0 Å². The number of aliphatic hydroxyl groups is 1. The van der Waals surface area contributed by atoms with Crippen LogP contribution in [0.25, 0.3) is 32.5 Å². The molecule has 2 fully saturated rings. The highest BCUT2D eigenvalue weighted by atomic mass is 32.1. The number of anilines is 1. The number of carbonyl (C=O) groups excluding carboxylic acids is 1. The number of aliphatic hydroxyl groups excluding tert-OH is 1. The van der Waals surface area contributed by atoms with Crippen molar-refractivity contribution in [2.75, 3.05) is 57.4 Å². The zero-order valence-electron chi connectivity index (χ0n) is 21.1. The van der Waals surface area contributed by atoms with Gasteiger partial charge in [-0.3, -0.25) is 14.8 Å². The minimum atomic E-state index is -0.948. The number of morpholine rings is 1. The molecule has 1 aromatic carbocycles. The van der Waals surface area contributed by atoms with Crippen LogP contribution in [-0.2, 0) is 16.1 Å². The Hall–Kier alpha value is -3.12. The Morgan fingerprint density at radius 1 is 1.16 bits per heavy atom. The molecule has 10 nitrogen and oxygen atoms in total. The van der Waals surface area contributed by atoms with E-state index in [2.05, 4.69) is 33.0 Å². The molecule has 2 aliphatic heterocycles. The third kappa shape index (κ3) is 4.56. The number of nitrogens with one attached hydrogen (secondary N) is 1. The Bertz CT molecular complexity index is 1430. The van der Waals surface area contributed by atoms with E-state index >= 15 is 0 Å². The number of thiophene rings is 1. The normalized spacial score (nSPS) is 18.1. The molecule has 1 atom stereocenters. The Morgan fingerprint density at radius 3 is 2.70 bits per heavy atom. The van der Waals surface area contributed by atoms with Gasteiger partial charge in [0.2, 0.25) is 0 Å². The van der Waals surface area contributed by atoms with Gasteiger partial charge in [-0.25, -0.2) is 9.97 Å². The molecule has 0 saturated carbocycles. The van der Waals surface area contributed by atoms with E-state index in [1.165, 1.54) is 17.4 Å². The van der Waals surface area contributed by atoms with Crippen LogP contribution in [0.15, 0.2) is 24.4 Å². The molecule has 0 aliphatic carbocycles. The van der Waals surface area contributed by atoms with Crippen LogP contribution in [-0.4, -0.2) is 99.6 Å². The predicted molar refractivity (Wildman–Crippen MR) is 144 cm³/mol. The standard InChI is InChI=1S/C26H31N7O3S/c1-16-21(15-31-6-8-33(9-7-31)26(35)17(2)34)37-23-22(16)28-24(29-25(23)32-10-12-36-13-11-32)18-4-3-5-20-19(18)14-27-30-20/h3-5,14,17,34H,6-13,15H2,1-2H3,(H,27,30)/t17-/m0/s1. The Labute approximate surface area is 218 Å². The maximum Gasteiger partial charge on any atom is 0.251 e. The molecule has 2 aliphatic rings. The van der Waals surface area contributed by atoms with Crippen molar-refractivity contribution in [2.24, 2.45) is 0 Å². The summed E-state index contributed by atoms with van der Waals surface area (Å²) in [7, 11) is 0. The van der Waals surface area contributed by atoms with Crippen molar-refractivity contribution in [1.82, 2.24) is 30.0 Å². The van der Waals surface area contributed by atoms with Gasteiger partial charge in [0.1, 0.15) is 6.10 Å². The Morgan fingerprint density at radius 2 is 1.95 bits per heavy atom. The second-order valence-electron chi connectivity index (χ2n) is 9.71. The third-order valence-corrected chi connectivity index (χ3v) is 8.55. The number of hydrogen-bond acceptors (Lipinski definition) is 9. The van der Waals surface area contributed by atoms with E-state index in [4.69, 9.17) is 14.7 Å². The first-order chi connectivity index (χ1) is 18.0. The lowest BCUT2D eigenvalue weighted by atomic mass is 10.1. The third-order valence-electron chi connectivity index (χ3n) is 7.29. The molecule has 4 aromatic rings. The zero-order valence-corrected chi connectivity index (χ0v) is 21.9. The van der Waals surface area contributed by atoms with E-state index < -0.39 is 6.10 Å². The van der Waals surface area contributed by atoms with Gasteiger partial charge in [-0.05, 0) is 25.5 Å². The van der Waals surface area contributed by atoms with Gasteiger partial charge < -0.3 is 19.6 Å². The van der Waals surface area contributed by atoms with Crippen molar-refractivity contribution >= 4 is 44.2 Å². The minimum Gasteiger partial charge on any atom is -0.384 e. The molecule has 0 radical (unpaired) electrons. The van der Waals surface area contributed by atoms with Gasteiger partial charge in [-0.1, -0.05) is 12.1 Å². The van der Waals surface area contributed by atoms with Crippen LogP contribution < -0.4 is 4.90 Å². The van der Waals surface area contributed by atoms with Gasteiger partial charge in [0.25, 0.3) is 5.91 Å². The number of aromatic amines is 1. The summed E-state index contributed by atoms with van der Waals surface area (Å²) in [5.74, 6) is 1.48. The predicted octanol–water partition coefficient (Wildman–Crippen LogP) is 2.40. The summed E-state index contributed by atoms with van der Waals surface area (Å²) in [5, 5.41) is 17.9. The van der Waals surface area contributed by atoms with Crippen molar-refractivity contribution in [3.05, 3.63) is 34.8 Å². The molecule has 2 N–H and O–H groups in total. The summed E-state index contributed by atoms with van der Waals surface area (Å²) in [4.78, 5) is 30.1. The Balaban J connectivity index is 1.36. The lowest BCUT2D eigenvalue weighted by molar-refractivity contribution is -0.141. The molecule has 0 bridgehead atoms. The number of hydrogen-bond donors (Lipinski definition) is 2. The number of H-pyrrole nitrogens is 1. The van der Waals surface area contributed by atoms with Crippen LogP contribution in [0.5, 0.6) is 0 Å². The number of piperazine rings is 1. The highest BCUT2D eigenvalue weighted by molar-refractivity contribution is 7.19. The molecule has 0 unspecified atom stereocenters. The fraction of sp³-hybridized carbons (Fsp3) is 0.462. The molecular formula is C26H31N7O3S. The summed E-state index contributed by atoms with van der Waals surface area (Å²) < 4.78 is 6.73. The minimum absolute atomic E-state index is 0.191. The monoisotopic (exact) mass is 521 g/mol. The lowest BCUT2D eigenvalue weighted by Gasteiger charge is -2.35. The summed E-state index contributed by atoms with van der Waals surface area (Å²) in [6, 6.07) is 6.07. The molecule has 5 heterocycles. The highest BCUT2D eigenvalue weighted by Gasteiger charge is 2.26. The van der Waals surface area contributed by atoms with Crippen LogP contribution >= 0.6 is 11.3 Å². The number of aromatic nitrogens is 4. The average Bonchev–Trinajstić information content (AvgIpc) is 3.53. The van der Waals surface area contributed by atoms with Crippen LogP contribution in [0.4, 0.5) is 5.82 Å². The summed E-state index contributed by atoms with van der Waals surface area (Å²) >= 11 is 1.77. The first-order valence-corrected chi connectivity index (χ1v) is 13.6. The van der Waals surface area contributed by atoms with Crippen molar-refractivity contribution in [2.45, 2.75) is 26.5 Å². The number of ether oxygens (including phenoxy) is 1. The van der Waals surface area contributed by atoms with Crippen molar-refractivity contribution in [3.63, 3.8) is 0 Å². The second-order valence-corrected chi connectivity index (χ2v) is 10.8. The van der Waals surface area contributed by atoms with E-state index in [1.807, 2.05) is 18.3 Å². The van der Waals surface area contributed by atoms with Gasteiger partial charge in [0.15, 0.2) is 11.6 Å². The quantitative estimate of drug-likeness (QED) is 0.412. The molecule has 6 rings (SSSR count). The van der Waals surface area contributed by atoms with Crippen LogP contribution in [0.1, 0.15) is 17.4 Å². The lowest BCUT2D eigenvalue weighted by Crippen LogP contribution is -2.50. The second kappa shape index (κ2) is 9.97. The van der Waals surface area contributed by atoms with Crippen molar-refractivity contribution in [1.29, 1.82) is 0 Å². The first kappa shape index (κ1) is 24.2. The number of amides is 1. The SMILES string of the molecule is Cc1c(CN2CCN(C(=O)[C@H](C)O)CC2)sc2c(N3CCOCC3)nc(-c3cccc4[nH]ncc34)nc12. The van der Waals surface area contributed by atoms with E-state index in [1.54, 1.807) is 16.2 Å². The molecular weight excluding hydrogens is 490 g/mol. The van der Waals surface area contributed by atoms with Crippen LogP contribution in [0, 0.1) is 6.92 Å². The molecule has 3 aromatic heterocycles. The number of fused-ring (bicyclic) bond motifs is 2. The maximum absolute atomic E-state index is 12.2. The molecule has 37 heavy (non-hydrogen) atoms. The van der Waals surface area contributed by atoms with E-state index in [9.17, 15) is 9.90 Å². The van der Waals surface area contributed by atoms with Gasteiger partial charge in [0.05, 0.1) is 35.1 Å². The average molecular weight is 522 g/mol. The topological polar surface area (TPSA) is 111 Å². The van der Waals surface area contributed by atoms with Gasteiger partial charge in [0, 0.05) is 61.6 Å². The van der Waals surface area contributed by atoms with Gasteiger partial charge in [-0.15, -0.1) is 11.3 Å². The van der Waals surface area contributed by atoms with E-state index in [0.29, 0.717) is 32.1 Å². The fourth-order valence-electron chi connectivity index (χ4n) is 5.14. The number of aryl methyl sites for hydroxylation is 1. The Kier molecular flexibility index (Phi) is 6.53.